The van der Waals surface area contributed by atoms with E-state index in [1.807, 2.05) is 54.6 Å². The highest BCUT2D eigenvalue weighted by Crippen LogP contribution is 2.36. The van der Waals surface area contributed by atoms with E-state index in [-0.39, 0.29) is 11.0 Å². The number of hydrogen-bond donors (Lipinski definition) is 2. The average Bonchev–Trinajstić information content (AvgIpc) is 2.95. The van der Waals surface area contributed by atoms with Crippen LogP contribution in [0.5, 0.6) is 5.75 Å². The van der Waals surface area contributed by atoms with Gasteiger partial charge < -0.3 is 15.0 Å². The first-order valence-corrected chi connectivity index (χ1v) is 14.2. The van der Waals surface area contributed by atoms with Gasteiger partial charge in [0.2, 0.25) is 0 Å². The second-order valence-electron chi connectivity index (χ2n) is 9.30. The van der Waals surface area contributed by atoms with Crippen LogP contribution in [0.4, 0.5) is 11.4 Å². The van der Waals surface area contributed by atoms with Crippen molar-refractivity contribution in [3.05, 3.63) is 99.5 Å². The van der Waals surface area contributed by atoms with Crippen molar-refractivity contribution in [3.63, 3.8) is 0 Å². The van der Waals surface area contributed by atoms with Gasteiger partial charge in [-0.2, -0.15) is 0 Å². The third-order valence-electron chi connectivity index (χ3n) is 6.83. The van der Waals surface area contributed by atoms with Crippen LogP contribution in [0.15, 0.2) is 83.3 Å². The molecule has 5 rings (SSSR count). The van der Waals surface area contributed by atoms with Crippen molar-refractivity contribution in [1.82, 2.24) is 10.2 Å². The van der Waals surface area contributed by atoms with E-state index in [0.29, 0.717) is 11.3 Å². The molecule has 1 heterocycles. The number of methoxy groups -OCH3 is 1. The molecule has 1 fully saturated rings. The Labute approximate surface area is 247 Å². The van der Waals surface area contributed by atoms with Crippen molar-refractivity contribution in [2.75, 3.05) is 43.5 Å². The number of nitrogens with one attached hydrogen (secondary N) is 2. The van der Waals surface area contributed by atoms with Gasteiger partial charge in [-0.05, 0) is 80.9 Å². The highest BCUT2D eigenvalue weighted by Gasteiger charge is 2.20. The van der Waals surface area contributed by atoms with Gasteiger partial charge in [0.05, 0.1) is 17.1 Å². The highest BCUT2D eigenvalue weighted by atomic mass is 79.9. The van der Waals surface area contributed by atoms with Gasteiger partial charge in [-0.15, -0.1) is 0 Å². The number of halogens is 2. The van der Waals surface area contributed by atoms with E-state index in [9.17, 15) is 4.79 Å². The average molecular weight is 624 g/mol. The number of carbonyl (C=O) groups is 1. The van der Waals surface area contributed by atoms with Gasteiger partial charge in [-0.1, -0.05) is 54.1 Å². The van der Waals surface area contributed by atoms with Crippen LogP contribution < -0.4 is 20.3 Å². The summed E-state index contributed by atoms with van der Waals surface area (Å²) in [7, 11) is 1.54. The summed E-state index contributed by atoms with van der Waals surface area (Å²) in [6.07, 6.45) is 0. The molecule has 0 unspecified atom stereocenters. The predicted octanol–water partition coefficient (Wildman–Crippen LogP) is 6.71. The van der Waals surface area contributed by atoms with Crippen LogP contribution in [0.25, 0.3) is 10.8 Å². The number of thiocarbonyl (C=S) groups is 1. The predicted molar refractivity (Wildman–Crippen MR) is 167 cm³/mol. The van der Waals surface area contributed by atoms with Crippen molar-refractivity contribution in [2.24, 2.45) is 0 Å². The number of amides is 1. The van der Waals surface area contributed by atoms with E-state index in [1.54, 1.807) is 13.2 Å². The van der Waals surface area contributed by atoms with E-state index in [4.69, 9.17) is 28.6 Å². The van der Waals surface area contributed by atoms with Crippen molar-refractivity contribution in [3.8, 4) is 5.75 Å². The minimum absolute atomic E-state index is 0.215. The first kappa shape index (κ1) is 27.4. The molecule has 4 aromatic carbocycles. The van der Waals surface area contributed by atoms with Crippen LogP contribution in [-0.4, -0.2) is 49.2 Å². The molecule has 0 saturated carbocycles. The van der Waals surface area contributed by atoms with E-state index in [2.05, 4.69) is 54.6 Å². The molecule has 0 bridgehead atoms. The van der Waals surface area contributed by atoms with Crippen LogP contribution in [0.1, 0.15) is 15.9 Å². The summed E-state index contributed by atoms with van der Waals surface area (Å²) in [5, 5.41) is 8.81. The normalized spacial score (nSPS) is 13.8. The molecule has 1 aliphatic rings. The molecular formula is C30H28BrClN4O2S. The summed E-state index contributed by atoms with van der Waals surface area (Å²) >= 11 is 15.3. The Kier molecular flexibility index (Phi) is 8.67. The lowest BCUT2D eigenvalue weighted by Crippen LogP contribution is -2.46. The Morgan fingerprint density at radius 1 is 1.00 bits per heavy atom. The Morgan fingerprint density at radius 2 is 1.69 bits per heavy atom. The Morgan fingerprint density at radius 3 is 2.41 bits per heavy atom. The standard InChI is InChI=1S/C30H28BrClN4O2S/c1-38-28-25(18-20-6-2-4-8-24(20)27(28)31)29(37)34-30(39)33-22-10-12-23(13-11-22)36-16-14-35(15-17-36)19-21-7-3-5-9-26(21)32/h2-13,18H,14-17,19H2,1H3,(H2,33,34,37,39). The maximum atomic E-state index is 13.1. The van der Waals surface area contributed by atoms with Crippen LogP contribution in [-0.2, 0) is 6.54 Å². The molecule has 6 nitrogen and oxygen atoms in total. The molecule has 0 aromatic heterocycles. The summed E-state index contributed by atoms with van der Waals surface area (Å²) in [6.45, 7) is 4.68. The van der Waals surface area contributed by atoms with Crippen molar-refractivity contribution in [1.29, 1.82) is 0 Å². The van der Waals surface area contributed by atoms with E-state index >= 15 is 0 Å². The number of rotatable bonds is 6. The minimum atomic E-state index is -0.345. The zero-order chi connectivity index (χ0) is 27.4. The molecule has 200 valence electrons. The zero-order valence-electron chi connectivity index (χ0n) is 21.4. The molecule has 1 aliphatic heterocycles. The highest BCUT2D eigenvalue weighted by molar-refractivity contribution is 9.10. The fraction of sp³-hybridized carbons (Fsp3) is 0.200. The number of nitrogens with zero attached hydrogens (tertiary/aromatic N) is 2. The van der Waals surface area contributed by atoms with Gasteiger partial charge in [0.25, 0.3) is 5.91 Å². The van der Waals surface area contributed by atoms with Crippen molar-refractivity contribution < 1.29 is 9.53 Å². The SMILES string of the molecule is COc1c(C(=O)NC(=S)Nc2ccc(N3CCN(Cc4ccccc4Cl)CC3)cc2)cc2ccccc2c1Br. The quantitative estimate of drug-likeness (QED) is 0.233. The first-order chi connectivity index (χ1) is 18.9. The van der Waals surface area contributed by atoms with E-state index in [1.165, 1.54) is 0 Å². The fourth-order valence-electron chi connectivity index (χ4n) is 4.77. The molecule has 39 heavy (non-hydrogen) atoms. The number of benzene rings is 4. The lowest BCUT2D eigenvalue weighted by Gasteiger charge is -2.36. The van der Waals surface area contributed by atoms with E-state index in [0.717, 1.165) is 69.9 Å². The van der Waals surface area contributed by atoms with Gasteiger partial charge >= 0.3 is 0 Å². The second kappa shape index (κ2) is 12.3. The summed E-state index contributed by atoms with van der Waals surface area (Å²) in [6, 6.07) is 25.7. The third-order valence-corrected chi connectivity index (χ3v) is 8.19. The maximum absolute atomic E-state index is 13.1. The number of carbonyl (C=O) groups excluding carboxylic acids is 1. The molecule has 0 atom stereocenters. The summed E-state index contributed by atoms with van der Waals surface area (Å²) in [5.74, 6) is 0.118. The first-order valence-electron chi connectivity index (χ1n) is 12.6. The van der Waals surface area contributed by atoms with Crippen LogP contribution in [0.2, 0.25) is 5.02 Å². The molecule has 9 heteroatoms. The Hall–Kier alpha value is -3.17. The molecule has 1 amide bonds. The monoisotopic (exact) mass is 622 g/mol. The largest absolute Gasteiger partial charge is 0.495 e. The summed E-state index contributed by atoms with van der Waals surface area (Å²) in [4.78, 5) is 17.9. The summed E-state index contributed by atoms with van der Waals surface area (Å²) in [5.41, 5.74) is 3.51. The summed E-state index contributed by atoms with van der Waals surface area (Å²) < 4.78 is 6.26. The van der Waals surface area contributed by atoms with Gasteiger partial charge in [-0.3, -0.25) is 15.0 Å². The molecular weight excluding hydrogens is 596 g/mol. The maximum Gasteiger partial charge on any atom is 0.261 e. The van der Waals surface area contributed by atoms with Gasteiger partial charge in [0.1, 0.15) is 5.75 Å². The second-order valence-corrected chi connectivity index (χ2v) is 10.9. The molecule has 1 saturated heterocycles. The zero-order valence-corrected chi connectivity index (χ0v) is 24.6. The number of piperazine rings is 1. The van der Waals surface area contributed by atoms with Crippen LogP contribution in [0.3, 0.4) is 0 Å². The smallest absolute Gasteiger partial charge is 0.261 e. The number of hydrogen-bond acceptors (Lipinski definition) is 5. The minimum Gasteiger partial charge on any atom is -0.495 e. The number of ether oxygens (including phenoxy) is 1. The molecule has 2 N–H and O–H groups in total. The molecule has 0 radical (unpaired) electrons. The number of anilines is 2. The van der Waals surface area contributed by atoms with Crippen LogP contribution in [0, 0.1) is 0 Å². The molecule has 0 spiro atoms. The van der Waals surface area contributed by atoms with Gasteiger partial charge in [0, 0.05) is 49.1 Å². The van der Waals surface area contributed by atoms with E-state index < -0.39 is 0 Å². The van der Waals surface area contributed by atoms with Gasteiger partial charge in [0.15, 0.2) is 5.11 Å². The Balaban J connectivity index is 1.17. The van der Waals surface area contributed by atoms with Crippen molar-refractivity contribution >= 4 is 72.9 Å². The molecule has 0 aliphatic carbocycles. The third kappa shape index (κ3) is 6.36. The topological polar surface area (TPSA) is 56.8 Å². The van der Waals surface area contributed by atoms with Crippen LogP contribution >= 0.6 is 39.7 Å². The lowest BCUT2D eigenvalue weighted by molar-refractivity contribution is 0.0975. The molecule has 4 aromatic rings. The van der Waals surface area contributed by atoms with Crippen molar-refractivity contribution in [2.45, 2.75) is 6.54 Å². The Bertz CT molecular complexity index is 1510. The fourth-order valence-corrected chi connectivity index (χ4v) is 5.92. The van der Waals surface area contributed by atoms with Gasteiger partial charge in [-0.25, -0.2) is 0 Å². The lowest BCUT2D eigenvalue weighted by atomic mass is 10.1. The number of fused-ring (bicyclic) bond motifs is 1.